The van der Waals surface area contributed by atoms with Gasteiger partial charge in [0, 0.05) is 4.88 Å². The van der Waals surface area contributed by atoms with Crippen LogP contribution in [0.3, 0.4) is 0 Å². The molecule has 0 fully saturated rings. The number of hydrogen-bond donors (Lipinski definition) is 1. The van der Waals surface area contributed by atoms with Crippen molar-refractivity contribution in [2.24, 2.45) is 0 Å². The van der Waals surface area contributed by atoms with Crippen LogP contribution in [0.2, 0.25) is 0 Å². The van der Waals surface area contributed by atoms with Gasteiger partial charge in [0.25, 0.3) is 5.91 Å². The number of thiophene rings is 1. The molecule has 1 N–H and O–H groups in total. The minimum Gasteiger partial charge on any atom is -0.345 e. The standard InChI is InChI=1S/C20H24N4OS/c1-4-6-18-15(5-2)11-19(26-18)20(25)23-14(3)16-7-9-17(10-8-16)24-13-21-12-22-24/h7-14H,4-6H2,1-3H3,(H,23,25). The topological polar surface area (TPSA) is 59.8 Å². The highest BCUT2D eigenvalue weighted by atomic mass is 32.1. The number of aromatic nitrogens is 3. The van der Waals surface area contributed by atoms with E-state index in [1.807, 2.05) is 37.3 Å². The Kier molecular flexibility index (Phi) is 5.83. The van der Waals surface area contributed by atoms with Crippen molar-refractivity contribution in [1.82, 2.24) is 20.1 Å². The Morgan fingerprint density at radius 2 is 2.04 bits per heavy atom. The minimum atomic E-state index is -0.0610. The lowest BCUT2D eigenvalue weighted by Gasteiger charge is -2.14. The van der Waals surface area contributed by atoms with Gasteiger partial charge in [-0.05, 0) is 49.1 Å². The Bertz CT molecular complexity index is 853. The monoisotopic (exact) mass is 368 g/mol. The van der Waals surface area contributed by atoms with Crippen molar-refractivity contribution in [3.8, 4) is 5.69 Å². The van der Waals surface area contributed by atoms with Crippen LogP contribution < -0.4 is 5.32 Å². The van der Waals surface area contributed by atoms with Crippen LogP contribution >= 0.6 is 11.3 Å². The van der Waals surface area contributed by atoms with Crippen LogP contribution in [0.25, 0.3) is 5.69 Å². The van der Waals surface area contributed by atoms with Gasteiger partial charge in [-0.3, -0.25) is 4.79 Å². The summed E-state index contributed by atoms with van der Waals surface area (Å²) in [6.45, 7) is 6.32. The van der Waals surface area contributed by atoms with Crippen molar-refractivity contribution < 1.29 is 4.79 Å². The molecule has 0 aliphatic carbocycles. The normalized spacial score (nSPS) is 12.1. The van der Waals surface area contributed by atoms with Crippen LogP contribution in [-0.2, 0) is 12.8 Å². The summed E-state index contributed by atoms with van der Waals surface area (Å²) >= 11 is 1.62. The second kappa shape index (κ2) is 8.27. The van der Waals surface area contributed by atoms with Crippen molar-refractivity contribution in [1.29, 1.82) is 0 Å². The lowest BCUT2D eigenvalue weighted by atomic mass is 10.1. The average molecular weight is 369 g/mol. The minimum absolute atomic E-state index is 0.0000872. The number of amides is 1. The molecule has 0 aliphatic heterocycles. The molecule has 3 rings (SSSR count). The summed E-state index contributed by atoms with van der Waals surface area (Å²) in [7, 11) is 0. The highest BCUT2D eigenvalue weighted by Gasteiger charge is 2.16. The molecule has 1 unspecified atom stereocenters. The molecule has 1 atom stereocenters. The van der Waals surface area contributed by atoms with E-state index in [4.69, 9.17) is 0 Å². The summed E-state index contributed by atoms with van der Waals surface area (Å²) in [4.78, 5) is 18.7. The molecule has 1 amide bonds. The second-order valence-corrected chi connectivity index (χ2v) is 7.43. The molecule has 136 valence electrons. The highest BCUT2D eigenvalue weighted by Crippen LogP contribution is 2.25. The van der Waals surface area contributed by atoms with Crippen molar-refractivity contribution in [2.75, 3.05) is 0 Å². The zero-order valence-corrected chi connectivity index (χ0v) is 16.2. The van der Waals surface area contributed by atoms with Gasteiger partial charge in [-0.1, -0.05) is 32.4 Å². The van der Waals surface area contributed by atoms with Crippen LogP contribution in [0.5, 0.6) is 0 Å². The van der Waals surface area contributed by atoms with Crippen LogP contribution in [0.15, 0.2) is 43.0 Å². The van der Waals surface area contributed by atoms with E-state index in [9.17, 15) is 4.79 Å². The number of hydrogen-bond acceptors (Lipinski definition) is 4. The van der Waals surface area contributed by atoms with E-state index in [2.05, 4.69) is 29.2 Å². The summed E-state index contributed by atoms with van der Waals surface area (Å²) in [6.07, 6.45) is 6.29. The summed E-state index contributed by atoms with van der Waals surface area (Å²) in [5.41, 5.74) is 3.30. The van der Waals surface area contributed by atoms with Gasteiger partial charge in [0.1, 0.15) is 12.7 Å². The number of nitrogens with one attached hydrogen (secondary N) is 1. The van der Waals surface area contributed by atoms with E-state index < -0.39 is 0 Å². The van der Waals surface area contributed by atoms with Gasteiger partial charge in [0.15, 0.2) is 0 Å². The molecular formula is C20H24N4OS. The fourth-order valence-electron chi connectivity index (χ4n) is 2.92. The molecule has 1 aromatic carbocycles. The largest absolute Gasteiger partial charge is 0.345 e. The molecule has 0 spiro atoms. The molecule has 5 nitrogen and oxygen atoms in total. The molecule has 0 radical (unpaired) electrons. The number of rotatable bonds is 7. The maximum absolute atomic E-state index is 12.6. The van der Waals surface area contributed by atoms with Crippen LogP contribution in [0, 0.1) is 0 Å². The third-order valence-corrected chi connectivity index (χ3v) is 5.64. The van der Waals surface area contributed by atoms with Crippen LogP contribution in [0.4, 0.5) is 0 Å². The maximum Gasteiger partial charge on any atom is 0.261 e. The third-order valence-electron chi connectivity index (χ3n) is 4.40. The smallest absolute Gasteiger partial charge is 0.261 e. The van der Waals surface area contributed by atoms with Gasteiger partial charge in [0.2, 0.25) is 0 Å². The highest BCUT2D eigenvalue weighted by molar-refractivity contribution is 7.14. The van der Waals surface area contributed by atoms with Gasteiger partial charge < -0.3 is 5.32 Å². The molecule has 2 heterocycles. The fraction of sp³-hybridized carbons (Fsp3) is 0.350. The van der Waals surface area contributed by atoms with E-state index in [0.717, 1.165) is 35.4 Å². The summed E-state index contributed by atoms with van der Waals surface area (Å²) in [5.74, 6) is -0.0000872. The molecule has 0 saturated carbocycles. The zero-order valence-electron chi connectivity index (χ0n) is 15.4. The van der Waals surface area contributed by atoms with E-state index >= 15 is 0 Å². The fourth-order valence-corrected chi connectivity index (χ4v) is 4.18. The molecule has 6 heteroatoms. The Hall–Kier alpha value is -2.47. The Balaban J connectivity index is 1.69. The Morgan fingerprint density at radius 3 is 2.65 bits per heavy atom. The summed E-state index contributed by atoms with van der Waals surface area (Å²) < 4.78 is 1.71. The van der Waals surface area contributed by atoms with Crippen LogP contribution in [0.1, 0.15) is 58.9 Å². The lowest BCUT2D eigenvalue weighted by molar-refractivity contribution is 0.0944. The SMILES string of the molecule is CCCc1sc(C(=O)NC(C)c2ccc(-n3cncn3)cc2)cc1CC. The zero-order chi connectivity index (χ0) is 18.5. The first-order valence-corrected chi connectivity index (χ1v) is 9.81. The number of carbonyl (C=O) groups excluding carboxylic acids is 1. The Morgan fingerprint density at radius 1 is 1.27 bits per heavy atom. The van der Waals surface area contributed by atoms with Crippen molar-refractivity contribution in [2.45, 2.75) is 46.1 Å². The van der Waals surface area contributed by atoms with Crippen LogP contribution in [-0.4, -0.2) is 20.7 Å². The first-order valence-electron chi connectivity index (χ1n) is 8.99. The van der Waals surface area contributed by atoms with Crippen molar-refractivity contribution in [3.63, 3.8) is 0 Å². The predicted octanol–water partition coefficient (Wildman–Crippen LogP) is 4.33. The number of carbonyl (C=O) groups is 1. The van der Waals surface area contributed by atoms with Crippen molar-refractivity contribution in [3.05, 3.63) is 63.9 Å². The van der Waals surface area contributed by atoms with Gasteiger partial charge in [-0.15, -0.1) is 11.3 Å². The van der Waals surface area contributed by atoms with Gasteiger partial charge in [0.05, 0.1) is 16.6 Å². The number of benzene rings is 1. The van der Waals surface area contributed by atoms with E-state index in [-0.39, 0.29) is 11.9 Å². The van der Waals surface area contributed by atoms with Gasteiger partial charge >= 0.3 is 0 Å². The van der Waals surface area contributed by atoms with E-state index in [1.54, 1.807) is 22.3 Å². The quantitative estimate of drug-likeness (QED) is 0.675. The third kappa shape index (κ3) is 4.02. The first kappa shape index (κ1) is 18.3. The second-order valence-electron chi connectivity index (χ2n) is 6.29. The summed E-state index contributed by atoms with van der Waals surface area (Å²) in [6, 6.07) is 9.96. The lowest BCUT2D eigenvalue weighted by Crippen LogP contribution is -2.25. The maximum atomic E-state index is 12.6. The van der Waals surface area contributed by atoms with E-state index in [0.29, 0.717) is 0 Å². The molecule has 3 aromatic rings. The number of nitrogens with zero attached hydrogens (tertiary/aromatic N) is 3. The van der Waals surface area contributed by atoms with E-state index in [1.165, 1.54) is 16.8 Å². The average Bonchev–Trinajstić information content (AvgIpc) is 3.32. The number of aryl methyl sites for hydroxylation is 2. The first-order chi connectivity index (χ1) is 12.6. The van der Waals surface area contributed by atoms with Gasteiger partial charge in [-0.2, -0.15) is 5.10 Å². The molecule has 2 aromatic heterocycles. The van der Waals surface area contributed by atoms with Crippen molar-refractivity contribution >= 4 is 17.2 Å². The predicted molar refractivity (Wildman–Crippen MR) is 105 cm³/mol. The molecule has 0 aliphatic rings. The molecular weight excluding hydrogens is 344 g/mol. The molecule has 26 heavy (non-hydrogen) atoms. The Labute approximate surface area is 158 Å². The van der Waals surface area contributed by atoms with Gasteiger partial charge in [-0.25, -0.2) is 9.67 Å². The molecule has 0 bridgehead atoms. The summed E-state index contributed by atoms with van der Waals surface area (Å²) in [5, 5.41) is 7.23. The molecule has 0 saturated heterocycles.